The molecule has 0 spiro atoms. The first-order valence-corrected chi connectivity index (χ1v) is 14.0. The second-order valence-electron chi connectivity index (χ2n) is 11.7. The van der Waals surface area contributed by atoms with E-state index < -0.39 is 0 Å². The van der Waals surface area contributed by atoms with E-state index in [2.05, 4.69) is 39.1 Å². The van der Waals surface area contributed by atoms with Crippen LogP contribution in [0.15, 0.2) is 55.0 Å². The van der Waals surface area contributed by atoms with Crippen LogP contribution < -0.4 is 5.32 Å². The van der Waals surface area contributed by atoms with E-state index in [-0.39, 0.29) is 23.4 Å². The molecule has 4 bridgehead atoms. The molecule has 1 aliphatic heterocycles. The monoisotopic (exact) mass is 500 g/mol. The van der Waals surface area contributed by atoms with Crippen LogP contribution in [0.2, 0.25) is 0 Å². The SMILES string of the molecule is OC(CC1c2ccccc2-c2cncn21)C12CC3CC(C1)C(Nc1nc4ccc(F)cc4s1)C(C3)C2. The average Bonchev–Trinajstić information content (AvgIpc) is 3.56. The van der Waals surface area contributed by atoms with Gasteiger partial charge in [-0.25, -0.2) is 14.4 Å². The molecule has 2 N–H and O–H groups in total. The van der Waals surface area contributed by atoms with E-state index in [1.807, 2.05) is 12.5 Å². The van der Waals surface area contributed by atoms with Crippen LogP contribution in [-0.4, -0.2) is 31.8 Å². The normalized spacial score (nSPS) is 32.6. The molecule has 4 saturated carbocycles. The summed E-state index contributed by atoms with van der Waals surface area (Å²) in [6.45, 7) is 0. The minimum atomic E-state index is -0.330. The first kappa shape index (κ1) is 21.3. The summed E-state index contributed by atoms with van der Waals surface area (Å²) >= 11 is 1.55. The molecule has 0 saturated heterocycles. The average molecular weight is 501 g/mol. The third-order valence-electron chi connectivity index (χ3n) is 9.71. The Labute approximate surface area is 213 Å². The largest absolute Gasteiger partial charge is 0.392 e. The predicted octanol–water partition coefficient (Wildman–Crippen LogP) is 6.26. The molecular weight excluding hydrogens is 471 g/mol. The lowest BCUT2D eigenvalue weighted by Crippen LogP contribution is -2.59. The topological polar surface area (TPSA) is 63.0 Å². The number of halogens is 1. The van der Waals surface area contributed by atoms with Crippen molar-refractivity contribution in [1.82, 2.24) is 14.5 Å². The molecule has 4 fully saturated rings. The second-order valence-corrected chi connectivity index (χ2v) is 12.7. The van der Waals surface area contributed by atoms with Gasteiger partial charge in [0, 0.05) is 11.6 Å². The first-order valence-electron chi connectivity index (χ1n) is 13.2. The highest BCUT2D eigenvalue weighted by atomic mass is 32.1. The third kappa shape index (κ3) is 3.08. The van der Waals surface area contributed by atoms with Crippen molar-refractivity contribution in [3.63, 3.8) is 0 Å². The Hall–Kier alpha value is -2.77. The van der Waals surface area contributed by atoms with Gasteiger partial charge in [0.2, 0.25) is 0 Å². The van der Waals surface area contributed by atoms with Crippen molar-refractivity contribution in [2.45, 2.75) is 56.7 Å². The van der Waals surface area contributed by atoms with Crippen LogP contribution in [0.4, 0.5) is 9.52 Å². The summed E-state index contributed by atoms with van der Waals surface area (Å²) in [5.74, 6) is 1.60. The van der Waals surface area contributed by atoms with Gasteiger partial charge >= 0.3 is 0 Å². The zero-order valence-corrected chi connectivity index (χ0v) is 20.8. The van der Waals surface area contributed by atoms with Crippen molar-refractivity contribution >= 4 is 26.7 Å². The van der Waals surface area contributed by atoms with Crippen LogP contribution in [0.3, 0.4) is 0 Å². The number of aromatic nitrogens is 3. The van der Waals surface area contributed by atoms with E-state index in [0.717, 1.165) is 46.7 Å². The van der Waals surface area contributed by atoms with Crippen molar-refractivity contribution in [2.24, 2.45) is 23.2 Å². The molecule has 2 aromatic heterocycles. The van der Waals surface area contributed by atoms with Crippen molar-refractivity contribution in [1.29, 1.82) is 0 Å². The van der Waals surface area contributed by atoms with Crippen molar-refractivity contribution in [3.8, 4) is 11.3 Å². The van der Waals surface area contributed by atoms with Gasteiger partial charge < -0.3 is 15.0 Å². The van der Waals surface area contributed by atoms with Gasteiger partial charge in [-0.2, -0.15) is 0 Å². The third-order valence-corrected chi connectivity index (χ3v) is 10.7. The number of aliphatic hydroxyl groups excluding tert-OH is 1. The van der Waals surface area contributed by atoms with E-state index in [4.69, 9.17) is 4.98 Å². The number of hydrogen-bond donors (Lipinski definition) is 2. The highest BCUT2D eigenvalue weighted by molar-refractivity contribution is 7.22. The number of aliphatic hydroxyl groups is 1. The van der Waals surface area contributed by atoms with Gasteiger partial charge in [0.15, 0.2) is 5.13 Å². The lowest BCUT2D eigenvalue weighted by Gasteiger charge is -2.61. The van der Waals surface area contributed by atoms with E-state index in [9.17, 15) is 9.50 Å². The first-order chi connectivity index (χ1) is 17.6. The maximum atomic E-state index is 13.7. The maximum Gasteiger partial charge on any atom is 0.184 e. The summed E-state index contributed by atoms with van der Waals surface area (Å²) in [4.78, 5) is 9.16. The van der Waals surface area contributed by atoms with E-state index >= 15 is 0 Å². The fourth-order valence-corrected chi connectivity index (χ4v) is 9.41. The summed E-state index contributed by atoms with van der Waals surface area (Å²) < 4.78 is 16.8. The van der Waals surface area contributed by atoms with Crippen molar-refractivity contribution in [2.75, 3.05) is 5.32 Å². The van der Waals surface area contributed by atoms with Gasteiger partial charge in [0.05, 0.1) is 40.6 Å². The zero-order valence-electron chi connectivity index (χ0n) is 20.0. The highest BCUT2D eigenvalue weighted by Crippen LogP contribution is 2.63. The fraction of sp³-hybridized carbons (Fsp3) is 0.448. The number of nitrogens with one attached hydrogen (secondary N) is 1. The minimum absolute atomic E-state index is 0.00365. The fourth-order valence-electron chi connectivity index (χ4n) is 8.47. The molecule has 3 heterocycles. The number of rotatable bonds is 5. The van der Waals surface area contributed by atoms with Crippen LogP contribution in [0, 0.1) is 29.0 Å². The number of thiazole rings is 1. The molecule has 5 nitrogen and oxygen atoms in total. The molecule has 0 radical (unpaired) electrons. The Bertz CT molecular complexity index is 1460. The Balaban J connectivity index is 1.05. The molecule has 5 aliphatic rings. The van der Waals surface area contributed by atoms with Gasteiger partial charge in [-0.3, -0.25) is 0 Å². The molecule has 7 heteroatoms. The van der Waals surface area contributed by atoms with Gasteiger partial charge in [0.25, 0.3) is 0 Å². The van der Waals surface area contributed by atoms with Gasteiger partial charge in [-0.1, -0.05) is 35.6 Å². The Kier molecular flexibility index (Phi) is 4.51. The summed E-state index contributed by atoms with van der Waals surface area (Å²) in [7, 11) is 0. The Morgan fingerprint density at radius 2 is 1.97 bits per heavy atom. The van der Waals surface area contributed by atoms with E-state index in [1.54, 1.807) is 23.5 Å². The molecule has 4 unspecified atom stereocenters. The van der Waals surface area contributed by atoms with E-state index in [1.165, 1.54) is 30.0 Å². The number of nitrogens with zero attached hydrogens (tertiary/aromatic N) is 3. The molecule has 9 rings (SSSR count). The number of hydrogen-bond acceptors (Lipinski definition) is 5. The summed E-state index contributed by atoms with van der Waals surface area (Å²) in [5, 5.41) is 16.5. The second kappa shape index (κ2) is 7.62. The summed E-state index contributed by atoms with van der Waals surface area (Å²) in [6.07, 6.45) is 10.1. The van der Waals surface area contributed by atoms with Gasteiger partial charge in [-0.05, 0) is 85.5 Å². The summed E-state index contributed by atoms with van der Waals surface area (Å²) in [6, 6.07) is 13.9. The van der Waals surface area contributed by atoms with Crippen LogP contribution in [0.5, 0.6) is 0 Å². The molecule has 4 aromatic rings. The number of anilines is 1. The van der Waals surface area contributed by atoms with Gasteiger partial charge in [0.1, 0.15) is 5.82 Å². The summed E-state index contributed by atoms with van der Waals surface area (Å²) in [5.41, 5.74) is 4.58. The number of benzene rings is 2. The van der Waals surface area contributed by atoms with Crippen LogP contribution >= 0.6 is 11.3 Å². The number of imidazole rings is 1. The van der Waals surface area contributed by atoms with Crippen LogP contribution in [0.25, 0.3) is 21.5 Å². The van der Waals surface area contributed by atoms with Crippen molar-refractivity contribution in [3.05, 3.63) is 66.4 Å². The highest BCUT2D eigenvalue weighted by Gasteiger charge is 2.58. The smallest absolute Gasteiger partial charge is 0.184 e. The molecule has 4 aliphatic carbocycles. The van der Waals surface area contributed by atoms with E-state index in [0.29, 0.717) is 23.8 Å². The Morgan fingerprint density at radius 3 is 2.83 bits per heavy atom. The molecular formula is C29H29FN4OS. The molecule has 0 amide bonds. The Morgan fingerprint density at radius 1 is 1.14 bits per heavy atom. The predicted molar refractivity (Wildman–Crippen MR) is 139 cm³/mol. The van der Waals surface area contributed by atoms with Crippen LogP contribution in [0.1, 0.15) is 50.1 Å². The lowest BCUT2D eigenvalue weighted by atomic mass is 9.46. The molecule has 2 aromatic carbocycles. The molecule has 36 heavy (non-hydrogen) atoms. The molecule has 184 valence electrons. The minimum Gasteiger partial charge on any atom is -0.392 e. The lowest BCUT2D eigenvalue weighted by molar-refractivity contribution is -0.129. The van der Waals surface area contributed by atoms with Crippen molar-refractivity contribution < 1.29 is 9.50 Å². The molecule has 4 atom stereocenters. The maximum absolute atomic E-state index is 13.7. The quantitative estimate of drug-likeness (QED) is 0.340. The van der Waals surface area contributed by atoms with Gasteiger partial charge in [-0.15, -0.1) is 0 Å². The standard InChI is InChI=1S/C29H29FN4OS/c30-19-5-6-22-25(9-19)36-28(32-22)33-27-17-7-16-8-18(27)13-29(11-16,12-17)26(35)10-23-20-3-1-2-4-21(20)24-14-31-15-34(23)24/h1-6,9,14-18,23,26-27,35H,7-8,10-13H2,(H,32,33). The number of fused-ring (bicyclic) bond motifs is 4. The zero-order chi connectivity index (χ0) is 24.0. The van der Waals surface area contributed by atoms with Crippen LogP contribution in [-0.2, 0) is 0 Å².